The van der Waals surface area contributed by atoms with Crippen LogP contribution < -0.4 is 0 Å². The summed E-state index contributed by atoms with van der Waals surface area (Å²) in [6.07, 6.45) is 3.18. The number of rotatable bonds is 1. The Hall–Kier alpha value is -0.605. The van der Waals surface area contributed by atoms with Crippen molar-refractivity contribution in [3.8, 4) is 0 Å². The molecule has 1 aliphatic heterocycles. The second-order valence-corrected chi connectivity index (χ2v) is 7.29. The zero-order chi connectivity index (χ0) is 13.8. The first-order valence-electron chi connectivity index (χ1n) is 6.61. The summed E-state index contributed by atoms with van der Waals surface area (Å²) in [6.45, 7) is 12.4. The van der Waals surface area contributed by atoms with Crippen molar-refractivity contribution in [3.05, 3.63) is 11.5 Å². The van der Waals surface area contributed by atoms with Gasteiger partial charge in [0.2, 0.25) is 0 Å². The van der Waals surface area contributed by atoms with E-state index in [1.54, 1.807) is 6.08 Å². The normalized spacial score (nSPS) is 29.3. The summed E-state index contributed by atoms with van der Waals surface area (Å²) >= 11 is 0. The molecule has 0 saturated carbocycles. The Morgan fingerprint density at radius 1 is 1.00 bits per heavy atom. The molecule has 18 heavy (non-hydrogen) atoms. The summed E-state index contributed by atoms with van der Waals surface area (Å²) in [5.74, 6) is 0.177. The molecule has 0 N–H and O–H groups in total. The summed E-state index contributed by atoms with van der Waals surface area (Å²) in [5, 5.41) is 0. The van der Waals surface area contributed by atoms with Crippen LogP contribution in [0, 0.1) is 5.41 Å². The molecule has 0 aromatic carbocycles. The van der Waals surface area contributed by atoms with Gasteiger partial charge < -0.3 is 9.31 Å². The second-order valence-electron chi connectivity index (χ2n) is 7.29. The highest BCUT2D eigenvalue weighted by atomic mass is 16.7. The van der Waals surface area contributed by atoms with Gasteiger partial charge in [0.1, 0.15) is 0 Å². The summed E-state index contributed by atoms with van der Waals surface area (Å²) in [4.78, 5) is 11.8. The van der Waals surface area contributed by atoms with Crippen LogP contribution in [-0.2, 0) is 14.1 Å². The van der Waals surface area contributed by atoms with E-state index in [1.165, 1.54) is 0 Å². The monoisotopic (exact) mass is 250 g/mol. The van der Waals surface area contributed by atoms with E-state index in [4.69, 9.17) is 9.31 Å². The van der Waals surface area contributed by atoms with Crippen molar-refractivity contribution >= 4 is 12.9 Å². The van der Waals surface area contributed by atoms with E-state index in [9.17, 15) is 4.79 Å². The average Bonchev–Trinajstić information content (AvgIpc) is 2.32. The van der Waals surface area contributed by atoms with Gasteiger partial charge in [-0.25, -0.2) is 0 Å². The maximum atomic E-state index is 11.8. The summed E-state index contributed by atoms with van der Waals surface area (Å²) < 4.78 is 12.0. The number of hydrogen-bond donors (Lipinski definition) is 0. The molecular weight excluding hydrogens is 227 g/mol. The van der Waals surface area contributed by atoms with E-state index in [1.807, 2.05) is 27.7 Å². The molecule has 1 heterocycles. The third kappa shape index (κ3) is 2.41. The quantitative estimate of drug-likeness (QED) is 0.671. The third-order valence-corrected chi connectivity index (χ3v) is 4.24. The molecule has 4 heteroatoms. The van der Waals surface area contributed by atoms with Gasteiger partial charge in [-0.15, -0.1) is 0 Å². The number of ketones is 1. The minimum Gasteiger partial charge on any atom is -0.400 e. The summed E-state index contributed by atoms with van der Waals surface area (Å²) in [7, 11) is -0.376. The van der Waals surface area contributed by atoms with E-state index in [2.05, 4.69) is 13.8 Å². The molecule has 0 amide bonds. The first kappa shape index (κ1) is 13.8. The van der Waals surface area contributed by atoms with Crippen LogP contribution >= 0.6 is 0 Å². The molecule has 0 aromatic heterocycles. The Morgan fingerprint density at radius 3 is 1.94 bits per heavy atom. The fourth-order valence-electron chi connectivity index (χ4n) is 2.54. The van der Waals surface area contributed by atoms with Crippen LogP contribution in [0.2, 0.25) is 0 Å². The van der Waals surface area contributed by atoms with Crippen molar-refractivity contribution in [2.75, 3.05) is 0 Å². The van der Waals surface area contributed by atoms with E-state index in [0.717, 1.165) is 11.9 Å². The lowest BCUT2D eigenvalue weighted by atomic mass is 9.65. The molecule has 0 atom stereocenters. The number of hydrogen-bond acceptors (Lipinski definition) is 3. The lowest BCUT2D eigenvalue weighted by Crippen LogP contribution is -2.41. The van der Waals surface area contributed by atoms with Crippen LogP contribution in [0.3, 0.4) is 0 Å². The molecule has 0 radical (unpaired) electrons. The van der Waals surface area contributed by atoms with Gasteiger partial charge in [0.15, 0.2) is 5.78 Å². The van der Waals surface area contributed by atoms with Gasteiger partial charge in [-0.05, 0) is 51.1 Å². The first-order chi connectivity index (χ1) is 8.02. The zero-order valence-corrected chi connectivity index (χ0v) is 12.3. The van der Waals surface area contributed by atoms with Crippen LogP contribution in [0.1, 0.15) is 54.4 Å². The fraction of sp³-hybridized carbons (Fsp3) is 0.786. The molecule has 1 aliphatic carbocycles. The van der Waals surface area contributed by atoms with E-state index in [0.29, 0.717) is 6.42 Å². The Balaban J connectivity index is 2.22. The van der Waals surface area contributed by atoms with Gasteiger partial charge >= 0.3 is 7.12 Å². The number of carbonyl (C=O) groups is 1. The van der Waals surface area contributed by atoms with Crippen LogP contribution in [0.4, 0.5) is 0 Å². The maximum Gasteiger partial charge on any atom is 0.490 e. The van der Waals surface area contributed by atoms with Crippen molar-refractivity contribution in [2.24, 2.45) is 5.41 Å². The Morgan fingerprint density at radius 2 is 1.50 bits per heavy atom. The van der Waals surface area contributed by atoms with Gasteiger partial charge in [-0.3, -0.25) is 4.79 Å². The second kappa shape index (κ2) is 3.94. The van der Waals surface area contributed by atoms with E-state index >= 15 is 0 Å². The lowest BCUT2D eigenvalue weighted by molar-refractivity contribution is -0.117. The summed E-state index contributed by atoms with van der Waals surface area (Å²) in [5.41, 5.74) is 0.298. The highest BCUT2D eigenvalue weighted by molar-refractivity contribution is 6.55. The number of carbonyl (C=O) groups excluding carboxylic acids is 1. The van der Waals surface area contributed by atoms with Gasteiger partial charge in [0.05, 0.1) is 11.2 Å². The van der Waals surface area contributed by atoms with E-state index in [-0.39, 0.29) is 29.5 Å². The molecule has 0 unspecified atom stereocenters. The first-order valence-corrected chi connectivity index (χ1v) is 6.61. The van der Waals surface area contributed by atoms with Crippen molar-refractivity contribution in [3.63, 3.8) is 0 Å². The molecule has 1 saturated heterocycles. The molecule has 0 spiro atoms. The third-order valence-electron chi connectivity index (χ3n) is 4.24. The van der Waals surface area contributed by atoms with Crippen molar-refractivity contribution < 1.29 is 14.1 Å². The van der Waals surface area contributed by atoms with Crippen molar-refractivity contribution in [1.82, 2.24) is 0 Å². The zero-order valence-electron chi connectivity index (χ0n) is 12.3. The molecule has 0 aromatic rings. The van der Waals surface area contributed by atoms with Crippen molar-refractivity contribution in [2.45, 2.75) is 65.6 Å². The smallest absolute Gasteiger partial charge is 0.400 e. The topological polar surface area (TPSA) is 35.5 Å². The summed E-state index contributed by atoms with van der Waals surface area (Å²) in [6, 6.07) is 0. The maximum absolute atomic E-state index is 11.8. The van der Waals surface area contributed by atoms with Gasteiger partial charge in [-0.1, -0.05) is 13.8 Å². The lowest BCUT2D eigenvalue weighted by Gasteiger charge is -2.32. The molecule has 1 fully saturated rings. The van der Waals surface area contributed by atoms with Crippen molar-refractivity contribution in [1.29, 1.82) is 0 Å². The van der Waals surface area contributed by atoms with Crippen LogP contribution in [0.15, 0.2) is 11.5 Å². The highest BCUT2D eigenvalue weighted by Gasteiger charge is 2.53. The predicted molar refractivity (Wildman–Crippen MR) is 72.2 cm³/mol. The molecule has 2 aliphatic rings. The molecule has 3 nitrogen and oxygen atoms in total. The SMILES string of the molecule is CC1(C)CC(=O)C=C(B2OC(C)(C)C(C)(C)O2)C1. The molecular formula is C14H23BO3. The molecule has 0 bridgehead atoms. The van der Waals surface area contributed by atoms with Gasteiger partial charge in [0.25, 0.3) is 0 Å². The van der Waals surface area contributed by atoms with Crippen LogP contribution in [0.25, 0.3) is 0 Å². The predicted octanol–water partition coefficient (Wildman–Crippen LogP) is 2.93. The highest BCUT2D eigenvalue weighted by Crippen LogP contribution is 2.42. The molecule has 100 valence electrons. The molecule has 2 rings (SSSR count). The minimum absolute atomic E-state index is 0.00472. The Bertz CT molecular complexity index is 391. The van der Waals surface area contributed by atoms with E-state index < -0.39 is 0 Å². The number of allylic oxidation sites excluding steroid dienone is 2. The Kier molecular flexibility index (Phi) is 3.03. The van der Waals surface area contributed by atoms with Gasteiger partial charge in [0, 0.05) is 6.42 Å². The van der Waals surface area contributed by atoms with Crippen LogP contribution in [-0.4, -0.2) is 24.1 Å². The Labute approximate surface area is 110 Å². The van der Waals surface area contributed by atoms with Crippen LogP contribution in [0.5, 0.6) is 0 Å². The average molecular weight is 250 g/mol. The fourth-order valence-corrected chi connectivity index (χ4v) is 2.54. The van der Waals surface area contributed by atoms with Gasteiger partial charge in [-0.2, -0.15) is 0 Å². The standard InChI is InChI=1S/C14H23BO3/c1-12(2)8-10(7-11(16)9-12)15-17-13(3,4)14(5,6)18-15/h7H,8-9H2,1-6H3. The minimum atomic E-state index is -0.376. The largest absolute Gasteiger partial charge is 0.490 e.